The van der Waals surface area contributed by atoms with Crippen LogP contribution in [0.5, 0.6) is 0 Å². The van der Waals surface area contributed by atoms with E-state index in [4.69, 9.17) is 0 Å². The molecule has 2 fully saturated rings. The van der Waals surface area contributed by atoms with E-state index in [1.807, 2.05) is 30.0 Å². The molecule has 2 aliphatic rings. The minimum absolute atomic E-state index is 0.0640. The summed E-state index contributed by atoms with van der Waals surface area (Å²) >= 11 is 0. The molecule has 2 saturated heterocycles. The Labute approximate surface area is 172 Å². The van der Waals surface area contributed by atoms with E-state index in [2.05, 4.69) is 17.0 Å². The Balaban J connectivity index is 1.45. The van der Waals surface area contributed by atoms with Gasteiger partial charge in [-0.15, -0.1) is 0 Å². The average molecular weight is 414 g/mol. The van der Waals surface area contributed by atoms with E-state index in [0.717, 1.165) is 24.3 Å². The molecule has 7 heteroatoms. The van der Waals surface area contributed by atoms with Gasteiger partial charge in [-0.05, 0) is 44.0 Å². The number of carbonyl (C=O) groups excluding carboxylic acids is 1. The van der Waals surface area contributed by atoms with Crippen LogP contribution in [0.15, 0.2) is 59.5 Å². The largest absolute Gasteiger partial charge is 0.368 e. The van der Waals surface area contributed by atoms with E-state index < -0.39 is 16.1 Å². The first-order chi connectivity index (χ1) is 14.0. The number of rotatable bonds is 4. The number of hydrogen-bond donors (Lipinski definition) is 0. The Morgan fingerprint density at radius 3 is 2.21 bits per heavy atom. The van der Waals surface area contributed by atoms with Crippen molar-refractivity contribution >= 4 is 21.6 Å². The van der Waals surface area contributed by atoms with Gasteiger partial charge in [-0.25, -0.2) is 8.42 Å². The fraction of sp³-hybridized carbons (Fsp3) is 0.409. The maximum absolute atomic E-state index is 13.2. The first-order valence-electron chi connectivity index (χ1n) is 10.1. The molecule has 29 heavy (non-hydrogen) atoms. The lowest BCUT2D eigenvalue weighted by molar-refractivity contribution is -0.134. The van der Waals surface area contributed by atoms with Crippen LogP contribution < -0.4 is 4.90 Å². The summed E-state index contributed by atoms with van der Waals surface area (Å²) in [6, 6.07) is 16.4. The Morgan fingerprint density at radius 1 is 0.897 bits per heavy atom. The highest BCUT2D eigenvalue weighted by Gasteiger charge is 2.41. The third kappa shape index (κ3) is 4.02. The second-order valence-electron chi connectivity index (χ2n) is 7.73. The number of piperazine rings is 1. The fourth-order valence-electron chi connectivity index (χ4n) is 4.15. The van der Waals surface area contributed by atoms with Gasteiger partial charge in [0, 0.05) is 38.4 Å². The van der Waals surface area contributed by atoms with Crippen molar-refractivity contribution in [2.24, 2.45) is 0 Å². The van der Waals surface area contributed by atoms with Gasteiger partial charge < -0.3 is 9.80 Å². The maximum Gasteiger partial charge on any atom is 0.243 e. The number of anilines is 1. The second kappa shape index (κ2) is 8.16. The molecule has 0 radical (unpaired) electrons. The molecule has 0 aromatic heterocycles. The lowest BCUT2D eigenvalue weighted by atomic mass is 10.1. The van der Waals surface area contributed by atoms with E-state index in [0.29, 0.717) is 32.5 Å². The van der Waals surface area contributed by atoms with Gasteiger partial charge in [0.05, 0.1) is 4.90 Å². The third-order valence-corrected chi connectivity index (χ3v) is 7.75. The summed E-state index contributed by atoms with van der Waals surface area (Å²) in [5.41, 5.74) is 2.17. The first kappa shape index (κ1) is 19.9. The highest BCUT2D eigenvalue weighted by atomic mass is 32.2. The predicted molar refractivity (Wildman–Crippen MR) is 113 cm³/mol. The molecule has 0 saturated carbocycles. The van der Waals surface area contributed by atoms with Crippen LogP contribution in [0.4, 0.5) is 5.69 Å². The molecule has 1 atom stereocenters. The Hall–Kier alpha value is -2.38. The quantitative estimate of drug-likeness (QED) is 0.773. The summed E-state index contributed by atoms with van der Waals surface area (Å²) in [6.45, 7) is 5.07. The van der Waals surface area contributed by atoms with Gasteiger partial charge in [-0.1, -0.05) is 35.9 Å². The zero-order valence-corrected chi connectivity index (χ0v) is 17.5. The summed E-state index contributed by atoms with van der Waals surface area (Å²) in [7, 11) is -3.67. The lowest BCUT2D eigenvalue weighted by Crippen LogP contribution is -2.54. The Morgan fingerprint density at radius 2 is 1.55 bits per heavy atom. The molecule has 2 aromatic rings. The zero-order chi connectivity index (χ0) is 20.4. The van der Waals surface area contributed by atoms with Crippen LogP contribution in [0, 0.1) is 6.92 Å². The van der Waals surface area contributed by atoms with Gasteiger partial charge in [-0.3, -0.25) is 4.79 Å². The molecule has 1 unspecified atom stereocenters. The van der Waals surface area contributed by atoms with Crippen molar-refractivity contribution < 1.29 is 13.2 Å². The van der Waals surface area contributed by atoms with Crippen molar-refractivity contribution in [1.82, 2.24) is 9.21 Å². The number of amides is 1. The van der Waals surface area contributed by atoms with Gasteiger partial charge in [-0.2, -0.15) is 4.31 Å². The molecule has 1 amide bonds. The van der Waals surface area contributed by atoms with Gasteiger partial charge in [0.2, 0.25) is 15.9 Å². The molecule has 2 aromatic carbocycles. The van der Waals surface area contributed by atoms with Crippen LogP contribution in [0.25, 0.3) is 0 Å². The zero-order valence-electron chi connectivity index (χ0n) is 16.7. The van der Waals surface area contributed by atoms with Crippen LogP contribution >= 0.6 is 0 Å². The van der Waals surface area contributed by atoms with E-state index in [1.165, 1.54) is 4.31 Å². The maximum atomic E-state index is 13.2. The average Bonchev–Trinajstić information content (AvgIpc) is 3.25. The van der Waals surface area contributed by atoms with Crippen LogP contribution in [0.3, 0.4) is 0 Å². The molecule has 6 nitrogen and oxygen atoms in total. The summed E-state index contributed by atoms with van der Waals surface area (Å²) in [5.74, 6) is -0.0640. The van der Waals surface area contributed by atoms with Gasteiger partial charge in [0.15, 0.2) is 0 Å². The van der Waals surface area contributed by atoms with Crippen molar-refractivity contribution in [3.8, 4) is 0 Å². The van der Waals surface area contributed by atoms with Crippen LogP contribution in [0.2, 0.25) is 0 Å². The summed E-state index contributed by atoms with van der Waals surface area (Å²) in [4.78, 5) is 17.5. The van der Waals surface area contributed by atoms with E-state index in [1.54, 1.807) is 24.3 Å². The molecule has 0 spiro atoms. The minimum Gasteiger partial charge on any atom is -0.368 e. The number of para-hydroxylation sites is 1. The fourth-order valence-corrected chi connectivity index (χ4v) is 5.81. The molecule has 0 aliphatic carbocycles. The van der Waals surface area contributed by atoms with Crippen LogP contribution in [-0.4, -0.2) is 62.3 Å². The summed E-state index contributed by atoms with van der Waals surface area (Å²) < 4.78 is 27.7. The Kier molecular flexibility index (Phi) is 5.61. The molecule has 0 N–H and O–H groups in total. The van der Waals surface area contributed by atoms with Crippen molar-refractivity contribution in [3.63, 3.8) is 0 Å². The van der Waals surface area contributed by atoms with Gasteiger partial charge in [0.1, 0.15) is 6.04 Å². The van der Waals surface area contributed by atoms with Crippen molar-refractivity contribution in [2.45, 2.75) is 30.7 Å². The highest BCUT2D eigenvalue weighted by molar-refractivity contribution is 7.89. The SMILES string of the molecule is Cc1ccc(S(=O)(=O)N2CCCC2C(=O)N2CCN(c3ccccc3)CC2)cc1. The number of hydrogen-bond acceptors (Lipinski definition) is 4. The van der Waals surface area contributed by atoms with Gasteiger partial charge >= 0.3 is 0 Å². The van der Waals surface area contributed by atoms with Gasteiger partial charge in [0.25, 0.3) is 0 Å². The second-order valence-corrected chi connectivity index (χ2v) is 9.63. The number of aryl methyl sites for hydroxylation is 1. The lowest BCUT2D eigenvalue weighted by Gasteiger charge is -2.38. The number of sulfonamides is 1. The standard InChI is InChI=1S/C22H27N3O3S/c1-18-9-11-20(12-10-18)29(27,28)25-13-5-8-21(25)22(26)24-16-14-23(15-17-24)19-6-3-2-4-7-19/h2-4,6-7,9-12,21H,5,8,13-17H2,1H3. The summed E-state index contributed by atoms with van der Waals surface area (Å²) in [5, 5.41) is 0. The topological polar surface area (TPSA) is 60.9 Å². The number of nitrogens with zero attached hydrogens (tertiary/aromatic N) is 3. The minimum atomic E-state index is -3.67. The molecular formula is C22H27N3O3S. The van der Waals surface area contributed by atoms with Crippen molar-refractivity contribution in [1.29, 1.82) is 0 Å². The highest BCUT2D eigenvalue weighted by Crippen LogP contribution is 2.28. The van der Waals surface area contributed by atoms with Crippen LogP contribution in [0.1, 0.15) is 18.4 Å². The molecular weight excluding hydrogens is 386 g/mol. The van der Waals surface area contributed by atoms with Crippen molar-refractivity contribution in [2.75, 3.05) is 37.6 Å². The predicted octanol–water partition coefficient (Wildman–Crippen LogP) is 2.50. The molecule has 2 heterocycles. The first-order valence-corrected chi connectivity index (χ1v) is 11.6. The monoisotopic (exact) mass is 413 g/mol. The van der Waals surface area contributed by atoms with Crippen molar-refractivity contribution in [3.05, 3.63) is 60.2 Å². The smallest absolute Gasteiger partial charge is 0.243 e. The normalized spacial score (nSPS) is 20.8. The molecule has 154 valence electrons. The summed E-state index contributed by atoms with van der Waals surface area (Å²) in [6.07, 6.45) is 1.30. The third-order valence-electron chi connectivity index (χ3n) is 5.83. The van der Waals surface area contributed by atoms with Crippen LogP contribution in [-0.2, 0) is 14.8 Å². The number of benzene rings is 2. The molecule has 2 aliphatic heterocycles. The Bertz CT molecular complexity index is 953. The van der Waals surface area contributed by atoms with E-state index >= 15 is 0 Å². The number of carbonyl (C=O) groups is 1. The molecule has 0 bridgehead atoms. The molecule has 4 rings (SSSR count). The van der Waals surface area contributed by atoms with E-state index in [9.17, 15) is 13.2 Å². The van der Waals surface area contributed by atoms with E-state index in [-0.39, 0.29) is 10.8 Å².